The van der Waals surface area contributed by atoms with E-state index in [1.807, 2.05) is 6.92 Å². The van der Waals surface area contributed by atoms with Crippen molar-refractivity contribution in [3.8, 4) is 0 Å². The molecule has 38 heavy (non-hydrogen) atoms. The van der Waals surface area contributed by atoms with Crippen LogP contribution in [-0.4, -0.2) is 30.4 Å². The fourth-order valence-corrected chi connectivity index (χ4v) is 5.19. The van der Waals surface area contributed by atoms with Crippen molar-refractivity contribution in [1.82, 2.24) is 5.32 Å². The Balaban J connectivity index is 1.56. The molecule has 0 spiro atoms. The fraction of sp³-hybridized carbons (Fsp3) is 0.355. The van der Waals surface area contributed by atoms with Gasteiger partial charge in [0.1, 0.15) is 5.82 Å². The molecule has 200 valence electrons. The Morgan fingerprint density at radius 1 is 1.05 bits per heavy atom. The molecule has 0 fully saturated rings. The molecule has 0 saturated heterocycles. The van der Waals surface area contributed by atoms with Crippen molar-refractivity contribution in [2.24, 2.45) is 0 Å². The first-order valence-corrected chi connectivity index (χ1v) is 13.4. The molecule has 3 aromatic carbocycles. The highest BCUT2D eigenvalue weighted by Crippen LogP contribution is 2.38. The predicted molar refractivity (Wildman–Crippen MR) is 153 cm³/mol. The minimum atomic E-state index is -0.315. The van der Waals surface area contributed by atoms with Gasteiger partial charge in [-0.1, -0.05) is 23.7 Å². The third kappa shape index (κ3) is 6.61. The summed E-state index contributed by atoms with van der Waals surface area (Å²) in [4.78, 5) is 28.2. The van der Waals surface area contributed by atoms with Crippen LogP contribution in [0.15, 0.2) is 60.7 Å². The Labute approximate surface area is 229 Å². The van der Waals surface area contributed by atoms with Crippen LogP contribution >= 0.6 is 11.6 Å². The summed E-state index contributed by atoms with van der Waals surface area (Å²) in [6.07, 6.45) is 2.58. The lowest BCUT2D eigenvalue weighted by atomic mass is 9.90. The summed E-state index contributed by atoms with van der Waals surface area (Å²) in [6, 6.07) is 16.8. The summed E-state index contributed by atoms with van der Waals surface area (Å²) in [5.74, 6) is -0.573. The van der Waals surface area contributed by atoms with E-state index >= 15 is 0 Å². The molecular formula is C31H35ClFN3O2. The van der Waals surface area contributed by atoms with Crippen molar-refractivity contribution >= 4 is 34.8 Å². The van der Waals surface area contributed by atoms with Crippen LogP contribution in [-0.2, 0) is 0 Å². The second kappa shape index (κ2) is 11.7. The van der Waals surface area contributed by atoms with Gasteiger partial charge in [-0.3, -0.25) is 9.59 Å². The summed E-state index contributed by atoms with van der Waals surface area (Å²) >= 11 is 6.15. The van der Waals surface area contributed by atoms with Crippen LogP contribution in [0, 0.1) is 12.7 Å². The van der Waals surface area contributed by atoms with Crippen molar-refractivity contribution in [1.29, 1.82) is 0 Å². The number of benzene rings is 3. The lowest BCUT2D eigenvalue weighted by molar-refractivity contribution is 0.0985. The Hall–Kier alpha value is -3.22. The van der Waals surface area contributed by atoms with Gasteiger partial charge in [0.15, 0.2) is 0 Å². The van der Waals surface area contributed by atoms with Gasteiger partial charge >= 0.3 is 0 Å². The van der Waals surface area contributed by atoms with E-state index in [-0.39, 0.29) is 29.1 Å². The minimum Gasteiger partial charge on any atom is -0.322 e. The summed E-state index contributed by atoms with van der Waals surface area (Å²) in [5.41, 5.74) is 3.91. The zero-order chi connectivity index (χ0) is 27.4. The van der Waals surface area contributed by atoms with Crippen LogP contribution in [0.25, 0.3) is 0 Å². The van der Waals surface area contributed by atoms with Gasteiger partial charge < -0.3 is 15.5 Å². The highest BCUT2D eigenvalue weighted by Gasteiger charge is 2.28. The quantitative estimate of drug-likeness (QED) is 0.347. The van der Waals surface area contributed by atoms with Crippen molar-refractivity contribution in [3.63, 3.8) is 0 Å². The number of amides is 2. The van der Waals surface area contributed by atoms with Crippen molar-refractivity contribution in [2.45, 2.75) is 58.4 Å². The average molecular weight is 536 g/mol. The van der Waals surface area contributed by atoms with Crippen molar-refractivity contribution < 1.29 is 14.0 Å². The third-order valence-corrected chi connectivity index (χ3v) is 7.21. The number of rotatable bonds is 6. The van der Waals surface area contributed by atoms with Crippen molar-refractivity contribution in [3.05, 3.63) is 93.8 Å². The Bertz CT molecular complexity index is 1330. The van der Waals surface area contributed by atoms with Crippen LogP contribution in [0.2, 0.25) is 5.02 Å². The third-order valence-electron chi connectivity index (χ3n) is 6.88. The second-order valence-electron chi connectivity index (χ2n) is 10.9. The molecule has 1 atom stereocenters. The Morgan fingerprint density at radius 2 is 1.82 bits per heavy atom. The molecule has 0 bridgehead atoms. The highest BCUT2D eigenvalue weighted by atomic mass is 35.5. The number of carbonyl (C=O) groups is 2. The average Bonchev–Trinajstić information content (AvgIpc) is 3.02. The van der Waals surface area contributed by atoms with Gasteiger partial charge in [0.05, 0.1) is 10.6 Å². The molecule has 2 amide bonds. The predicted octanol–water partition coefficient (Wildman–Crippen LogP) is 7.34. The maximum atomic E-state index is 14.4. The second-order valence-corrected chi connectivity index (χ2v) is 11.3. The maximum absolute atomic E-state index is 14.4. The number of anilines is 2. The first-order valence-electron chi connectivity index (χ1n) is 13.1. The maximum Gasteiger partial charge on any atom is 0.258 e. The molecular weight excluding hydrogens is 501 g/mol. The number of carbonyl (C=O) groups excluding carboxylic acids is 2. The molecule has 1 aliphatic rings. The fourth-order valence-electron chi connectivity index (χ4n) is 4.97. The van der Waals surface area contributed by atoms with E-state index in [1.165, 1.54) is 6.07 Å². The van der Waals surface area contributed by atoms with Crippen LogP contribution in [0.3, 0.4) is 0 Å². The summed E-state index contributed by atoms with van der Waals surface area (Å²) in [7, 11) is 0. The topological polar surface area (TPSA) is 61.4 Å². The zero-order valence-corrected chi connectivity index (χ0v) is 23.2. The van der Waals surface area contributed by atoms with Gasteiger partial charge in [-0.05, 0) is 119 Å². The van der Waals surface area contributed by atoms with Crippen LogP contribution in [0.1, 0.15) is 77.8 Å². The molecule has 0 saturated carbocycles. The van der Waals surface area contributed by atoms with Gasteiger partial charge in [0, 0.05) is 29.0 Å². The lowest BCUT2D eigenvalue weighted by Gasteiger charge is -2.26. The molecule has 4 rings (SSSR count). The largest absolute Gasteiger partial charge is 0.322 e. The van der Waals surface area contributed by atoms with Crippen LogP contribution < -0.4 is 15.5 Å². The standard InChI is InChI=1S/C31H35ClFN3O2/c1-20-18-23(35-29(37)25-9-5-6-10-27(25)32)12-13-24(20)30(38)36-17-7-8-21(15-16-34-31(2,3)4)26-19-22(33)11-14-28(26)36/h5-6,9-14,18-19,21,34H,7-8,15-17H2,1-4H3,(H,35,37). The number of aryl methyl sites for hydroxylation is 1. The SMILES string of the molecule is Cc1cc(NC(=O)c2ccccc2Cl)ccc1C(=O)N1CCCC(CCNC(C)(C)C)c2cc(F)ccc21. The van der Waals surface area contributed by atoms with Gasteiger partial charge in [0.2, 0.25) is 0 Å². The van der Waals surface area contributed by atoms with Gasteiger partial charge in [0.25, 0.3) is 11.8 Å². The number of hydrogen-bond acceptors (Lipinski definition) is 3. The summed E-state index contributed by atoms with van der Waals surface area (Å²) < 4.78 is 14.4. The number of fused-ring (bicyclic) bond motifs is 1. The molecule has 0 aromatic heterocycles. The van der Waals surface area contributed by atoms with E-state index < -0.39 is 0 Å². The van der Waals surface area contributed by atoms with E-state index in [1.54, 1.807) is 59.5 Å². The summed E-state index contributed by atoms with van der Waals surface area (Å²) in [5, 5.41) is 6.75. The van der Waals surface area contributed by atoms with Gasteiger partial charge in [-0.2, -0.15) is 0 Å². The number of nitrogens with one attached hydrogen (secondary N) is 2. The normalized spacial score (nSPS) is 15.5. The van der Waals surface area contributed by atoms with E-state index in [9.17, 15) is 14.0 Å². The van der Waals surface area contributed by atoms with Crippen molar-refractivity contribution in [2.75, 3.05) is 23.3 Å². The molecule has 1 heterocycles. The molecule has 5 nitrogen and oxygen atoms in total. The minimum absolute atomic E-state index is 0.00795. The van der Waals surface area contributed by atoms with E-state index in [2.05, 4.69) is 31.4 Å². The van der Waals surface area contributed by atoms with Crippen LogP contribution in [0.5, 0.6) is 0 Å². The van der Waals surface area contributed by atoms with Gasteiger partial charge in [-0.25, -0.2) is 4.39 Å². The Kier molecular flexibility index (Phi) is 8.54. The first-order chi connectivity index (χ1) is 18.0. The zero-order valence-electron chi connectivity index (χ0n) is 22.4. The highest BCUT2D eigenvalue weighted by molar-refractivity contribution is 6.34. The molecule has 0 radical (unpaired) electrons. The monoisotopic (exact) mass is 535 g/mol. The summed E-state index contributed by atoms with van der Waals surface area (Å²) in [6.45, 7) is 9.62. The van der Waals surface area contributed by atoms with E-state index in [0.717, 1.165) is 42.6 Å². The Morgan fingerprint density at radius 3 is 2.53 bits per heavy atom. The molecule has 1 unspecified atom stereocenters. The molecule has 7 heteroatoms. The molecule has 2 N–H and O–H groups in total. The number of nitrogens with zero attached hydrogens (tertiary/aromatic N) is 1. The molecule has 0 aliphatic carbocycles. The number of hydrogen-bond donors (Lipinski definition) is 2. The van der Waals surface area contributed by atoms with E-state index in [4.69, 9.17) is 11.6 Å². The molecule has 1 aliphatic heterocycles. The molecule has 3 aromatic rings. The number of halogens is 2. The smallest absolute Gasteiger partial charge is 0.258 e. The lowest BCUT2D eigenvalue weighted by Crippen LogP contribution is -2.36. The van der Waals surface area contributed by atoms with Crippen LogP contribution in [0.4, 0.5) is 15.8 Å². The van der Waals surface area contributed by atoms with E-state index in [0.29, 0.717) is 28.4 Å². The first kappa shape index (κ1) is 27.8. The van der Waals surface area contributed by atoms with Gasteiger partial charge in [-0.15, -0.1) is 0 Å².